The molecule has 4 nitrogen and oxygen atoms in total. The van der Waals surface area contributed by atoms with Crippen molar-refractivity contribution < 1.29 is 9.90 Å². The molecule has 1 N–H and O–H groups in total. The summed E-state index contributed by atoms with van der Waals surface area (Å²) >= 11 is 0. The predicted molar refractivity (Wildman–Crippen MR) is 57.8 cm³/mol. The SMILES string of the molecule is C=CCN(CCO)C(=O)C(C#N)C(C)C. The molecule has 0 aliphatic carbocycles. The molecule has 4 heteroatoms. The number of aliphatic hydroxyl groups is 1. The number of hydrogen-bond acceptors (Lipinski definition) is 3. The minimum atomic E-state index is -0.642. The number of hydrogen-bond donors (Lipinski definition) is 1. The standard InChI is InChI=1S/C11H18N2O2/c1-4-5-13(6-7-14)11(15)10(8-12)9(2)3/h4,9-10,14H,1,5-7H2,2-3H3. The molecular weight excluding hydrogens is 192 g/mol. The van der Waals surface area contributed by atoms with Gasteiger partial charge in [-0.2, -0.15) is 5.26 Å². The van der Waals surface area contributed by atoms with E-state index in [0.717, 1.165) is 0 Å². The molecule has 0 heterocycles. The molecule has 0 fully saturated rings. The lowest BCUT2D eigenvalue weighted by molar-refractivity contribution is -0.134. The van der Waals surface area contributed by atoms with Gasteiger partial charge < -0.3 is 10.0 Å². The molecule has 0 rings (SSSR count). The molecule has 1 atom stereocenters. The van der Waals surface area contributed by atoms with Crippen LogP contribution in [0, 0.1) is 23.2 Å². The van der Waals surface area contributed by atoms with Crippen LogP contribution in [0.4, 0.5) is 0 Å². The Morgan fingerprint density at radius 1 is 1.67 bits per heavy atom. The van der Waals surface area contributed by atoms with Crippen LogP contribution in [0.3, 0.4) is 0 Å². The normalized spacial score (nSPS) is 11.9. The maximum absolute atomic E-state index is 11.8. The van der Waals surface area contributed by atoms with Gasteiger partial charge in [0.1, 0.15) is 5.92 Å². The van der Waals surface area contributed by atoms with Crippen LogP contribution in [-0.2, 0) is 4.79 Å². The maximum Gasteiger partial charge on any atom is 0.240 e. The molecule has 0 aromatic heterocycles. The van der Waals surface area contributed by atoms with Crippen LogP contribution in [0.15, 0.2) is 12.7 Å². The molecule has 0 saturated heterocycles. The molecule has 0 aliphatic heterocycles. The summed E-state index contributed by atoms with van der Waals surface area (Å²) in [5, 5.41) is 17.7. The Morgan fingerprint density at radius 3 is 2.60 bits per heavy atom. The van der Waals surface area contributed by atoms with E-state index in [1.165, 1.54) is 4.90 Å². The fourth-order valence-corrected chi connectivity index (χ4v) is 1.25. The summed E-state index contributed by atoms with van der Waals surface area (Å²) in [5.41, 5.74) is 0. The minimum absolute atomic E-state index is 0.0199. The van der Waals surface area contributed by atoms with Crippen LogP contribution in [0.2, 0.25) is 0 Å². The third-order valence-electron chi connectivity index (χ3n) is 2.10. The van der Waals surface area contributed by atoms with Crippen LogP contribution in [-0.4, -0.2) is 35.6 Å². The van der Waals surface area contributed by atoms with Crippen molar-refractivity contribution in [3.8, 4) is 6.07 Å². The number of rotatable bonds is 6. The Kier molecular flexibility index (Phi) is 6.39. The zero-order valence-corrected chi connectivity index (χ0v) is 9.31. The zero-order valence-electron chi connectivity index (χ0n) is 9.31. The first-order valence-electron chi connectivity index (χ1n) is 4.98. The van der Waals surface area contributed by atoms with Crippen LogP contribution >= 0.6 is 0 Å². The Morgan fingerprint density at radius 2 is 2.27 bits per heavy atom. The number of nitriles is 1. The predicted octanol–water partition coefficient (Wildman–Crippen LogP) is 0.789. The van der Waals surface area contributed by atoms with E-state index >= 15 is 0 Å². The average Bonchev–Trinajstić information content (AvgIpc) is 2.17. The Balaban J connectivity index is 4.60. The van der Waals surface area contributed by atoms with Gasteiger partial charge in [0.15, 0.2) is 0 Å². The molecule has 15 heavy (non-hydrogen) atoms. The van der Waals surface area contributed by atoms with Gasteiger partial charge in [0.05, 0.1) is 12.7 Å². The Labute approximate surface area is 90.8 Å². The quantitative estimate of drug-likeness (QED) is 0.659. The van der Waals surface area contributed by atoms with E-state index in [0.29, 0.717) is 6.54 Å². The first kappa shape index (κ1) is 13.7. The first-order valence-corrected chi connectivity index (χ1v) is 4.98. The van der Waals surface area contributed by atoms with Crippen molar-refractivity contribution in [2.75, 3.05) is 19.7 Å². The highest BCUT2D eigenvalue weighted by molar-refractivity contribution is 5.81. The summed E-state index contributed by atoms with van der Waals surface area (Å²) in [6.07, 6.45) is 1.59. The van der Waals surface area contributed by atoms with Gasteiger partial charge in [-0.25, -0.2) is 0 Å². The molecule has 84 valence electrons. The van der Waals surface area contributed by atoms with E-state index in [9.17, 15) is 4.79 Å². The number of carbonyl (C=O) groups excluding carboxylic acids is 1. The highest BCUT2D eigenvalue weighted by atomic mass is 16.3. The fourth-order valence-electron chi connectivity index (χ4n) is 1.25. The lowest BCUT2D eigenvalue weighted by atomic mass is 9.96. The van der Waals surface area contributed by atoms with Gasteiger partial charge in [0.25, 0.3) is 0 Å². The van der Waals surface area contributed by atoms with E-state index in [4.69, 9.17) is 10.4 Å². The van der Waals surface area contributed by atoms with E-state index in [2.05, 4.69) is 6.58 Å². The van der Waals surface area contributed by atoms with Crippen molar-refractivity contribution in [3.05, 3.63) is 12.7 Å². The number of nitrogens with zero attached hydrogens (tertiary/aromatic N) is 2. The maximum atomic E-state index is 11.8. The van der Waals surface area contributed by atoms with Gasteiger partial charge in [0.2, 0.25) is 5.91 Å². The molecular formula is C11H18N2O2. The highest BCUT2D eigenvalue weighted by Gasteiger charge is 2.25. The molecule has 0 radical (unpaired) electrons. The largest absolute Gasteiger partial charge is 0.395 e. The van der Waals surface area contributed by atoms with Gasteiger partial charge in [-0.05, 0) is 5.92 Å². The number of carbonyl (C=O) groups is 1. The van der Waals surface area contributed by atoms with Crippen LogP contribution < -0.4 is 0 Å². The second-order valence-electron chi connectivity index (χ2n) is 3.65. The third-order valence-corrected chi connectivity index (χ3v) is 2.10. The lowest BCUT2D eigenvalue weighted by Gasteiger charge is -2.24. The van der Waals surface area contributed by atoms with Crippen LogP contribution in [0.1, 0.15) is 13.8 Å². The molecule has 0 aliphatic rings. The Bertz CT molecular complexity index is 256. The molecule has 0 bridgehead atoms. The van der Waals surface area contributed by atoms with Crippen molar-refractivity contribution in [3.63, 3.8) is 0 Å². The van der Waals surface area contributed by atoms with Gasteiger partial charge in [-0.1, -0.05) is 19.9 Å². The summed E-state index contributed by atoms with van der Waals surface area (Å²) in [4.78, 5) is 13.3. The van der Waals surface area contributed by atoms with E-state index in [1.54, 1.807) is 6.08 Å². The first-order chi connectivity index (χ1) is 7.08. The van der Waals surface area contributed by atoms with Gasteiger partial charge >= 0.3 is 0 Å². The summed E-state index contributed by atoms with van der Waals surface area (Å²) in [5.74, 6) is -0.897. The van der Waals surface area contributed by atoms with E-state index < -0.39 is 5.92 Å². The molecule has 0 aromatic carbocycles. The van der Waals surface area contributed by atoms with E-state index in [-0.39, 0.29) is 25.0 Å². The zero-order chi connectivity index (χ0) is 11.8. The molecule has 1 amide bonds. The summed E-state index contributed by atoms with van der Waals surface area (Å²) in [6, 6.07) is 1.99. The van der Waals surface area contributed by atoms with Crippen molar-refractivity contribution in [2.45, 2.75) is 13.8 Å². The highest BCUT2D eigenvalue weighted by Crippen LogP contribution is 2.13. The van der Waals surface area contributed by atoms with Crippen LogP contribution in [0.25, 0.3) is 0 Å². The Hall–Kier alpha value is -1.34. The molecule has 0 aromatic rings. The summed E-state index contributed by atoms with van der Waals surface area (Å²) in [6.45, 7) is 7.71. The smallest absolute Gasteiger partial charge is 0.240 e. The minimum Gasteiger partial charge on any atom is -0.395 e. The average molecular weight is 210 g/mol. The third kappa shape index (κ3) is 4.13. The van der Waals surface area contributed by atoms with Crippen molar-refractivity contribution in [2.24, 2.45) is 11.8 Å². The molecule has 0 spiro atoms. The van der Waals surface area contributed by atoms with Crippen molar-refractivity contribution in [1.82, 2.24) is 4.90 Å². The van der Waals surface area contributed by atoms with Gasteiger partial charge in [-0.3, -0.25) is 4.79 Å². The van der Waals surface area contributed by atoms with Gasteiger partial charge in [-0.15, -0.1) is 6.58 Å². The van der Waals surface area contributed by atoms with Gasteiger partial charge in [0, 0.05) is 13.1 Å². The summed E-state index contributed by atoms with van der Waals surface area (Å²) in [7, 11) is 0. The second kappa shape index (κ2) is 7.02. The fraction of sp³-hybridized carbons (Fsp3) is 0.636. The van der Waals surface area contributed by atoms with Crippen molar-refractivity contribution >= 4 is 5.91 Å². The van der Waals surface area contributed by atoms with Crippen molar-refractivity contribution in [1.29, 1.82) is 5.26 Å². The molecule has 1 unspecified atom stereocenters. The second-order valence-corrected chi connectivity index (χ2v) is 3.65. The van der Waals surface area contributed by atoms with E-state index in [1.807, 2.05) is 19.9 Å². The lowest BCUT2D eigenvalue weighted by Crippen LogP contribution is -2.39. The number of amides is 1. The topological polar surface area (TPSA) is 64.3 Å². The summed E-state index contributed by atoms with van der Waals surface area (Å²) < 4.78 is 0. The monoisotopic (exact) mass is 210 g/mol. The van der Waals surface area contributed by atoms with Crippen LogP contribution in [0.5, 0.6) is 0 Å². The molecule has 0 saturated carbocycles. The number of aliphatic hydroxyl groups excluding tert-OH is 1.